The van der Waals surface area contributed by atoms with Crippen molar-refractivity contribution in [2.75, 3.05) is 59.5 Å². The fraction of sp³-hybridized carbons (Fsp3) is 1.00. The van der Waals surface area contributed by atoms with Gasteiger partial charge in [-0.2, -0.15) is 0 Å². The third kappa shape index (κ3) is 24.2. The van der Waals surface area contributed by atoms with Crippen LogP contribution in [0.5, 0.6) is 0 Å². The first-order valence-electron chi connectivity index (χ1n) is 12.1. The van der Waals surface area contributed by atoms with Gasteiger partial charge in [0.05, 0.1) is 53.4 Å². The van der Waals surface area contributed by atoms with E-state index in [4.69, 9.17) is 0 Å². The van der Waals surface area contributed by atoms with Gasteiger partial charge in [0.25, 0.3) is 0 Å². The number of rotatable bonds is 14. The molecule has 0 aromatic heterocycles. The minimum atomic E-state index is -4.23. The molecule has 0 atom stereocenters. The van der Waals surface area contributed by atoms with E-state index in [0.717, 1.165) is 19.3 Å². The van der Waals surface area contributed by atoms with Crippen LogP contribution in [-0.4, -0.2) is 68.5 Å². The zero-order valence-electron chi connectivity index (χ0n) is 21.5. The van der Waals surface area contributed by atoms with Crippen molar-refractivity contribution in [1.82, 2.24) is 0 Å². The van der Waals surface area contributed by atoms with Crippen LogP contribution in [0.1, 0.15) is 93.4 Å². The molecule has 0 radical (unpaired) electrons. The molecular weight excluding hydrogens is 383 g/mol. The first kappa shape index (κ1) is 33.7. The van der Waals surface area contributed by atoms with Crippen LogP contribution >= 0.6 is 7.60 Å². The molecule has 0 aliphatic heterocycles. The summed E-state index contributed by atoms with van der Waals surface area (Å²) in [4.78, 5) is 20.5. The lowest BCUT2D eigenvalue weighted by molar-refractivity contribution is -0.904. The van der Waals surface area contributed by atoms with E-state index in [9.17, 15) is 14.4 Å². The van der Waals surface area contributed by atoms with Gasteiger partial charge in [-0.1, -0.05) is 53.0 Å². The molecule has 6 heteroatoms. The van der Waals surface area contributed by atoms with Crippen LogP contribution in [0, 0.1) is 0 Å². The van der Waals surface area contributed by atoms with Gasteiger partial charge in [0.15, 0.2) is 0 Å². The molecule has 0 heterocycles. The summed E-state index contributed by atoms with van der Waals surface area (Å²) in [6.45, 7) is 23.2. The van der Waals surface area contributed by atoms with Crippen LogP contribution in [0.2, 0.25) is 0 Å². The molecule has 0 amide bonds. The van der Waals surface area contributed by atoms with Gasteiger partial charge in [-0.3, -0.25) is 0 Å². The topological polar surface area (TPSA) is 63.2 Å². The molecule has 0 bridgehead atoms. The van der Waals surface area contributed by atoms with Crippen molar-refractivity contribution in [3.63, 3.8) is 0 Å². The van der Waals surface area contributed by atoms with Crippen LogP contribution in [0.15, 0.2) is 0 Å². The number of unbranched alkanes of at least 4 members (excludes halogenated alkanes) is 6. The molecule has 0 saturated heterocycles. The van der Waals surface area contributed by atoms with E-state index in [0.29, 0.717) is 6.42 Å². The number of quaternary nitrogens is 2. The zero-order valence-corrected chi connectivity index (χ0v) is 22.4. The van der Waals surface area contributed by atoms with Crippen molar-refractivity contribution in [2.24, 2.45) is 0 Å². The van der Waals surface area contributed by atoms with Crippen molar-refractivity contribution >= 4 is 7.60 Å². The highest BCUT2D eigenvalue weighted by Crippen LogP contribution is 2.25. The Bertz CT molecular complexity index is 344. The lowest BCUT2D eigenvalue weighted by Gasteiger charge is -2.30. The largest absolute Gasteiger partial charge is 0.811 e. The first-order chi connectivity index (χ1) is 13.4. The van der Waals surface area contributed by atoms with Crippen molar-refractivity contribution in [2.45, 2.75) is 93.4 Å². The van der Waals surface area contributed by atoms with Crippen molar-refractivity contribution in [3.05, 3.63) is 0 Å². The van der Waals surface area contributed by atoms with Crippen LogP contribution in [0.3, 0.4) is 0 Å². The highest BCUT2D eigenvalue weighted by atomic mass is 31.2. The van der Waals surface area contributed by atoms with Gasteiger partial charge in [0.2, 0.25) is 0 Å². The molecule has 0 fully saturated rings. The van der Waals surface area contributed by atoms with Gasteiger partial charge >= 0.3 is 0 Å². The Labute approximate surface area is 184 Å². The van der Waals surface area contributed by atoms with Gasteiger partial charge in [-0.25, -0.2) is 0 Å². The van der Waals surface area contributed by atoms with E-state index in [2.05, 4.69) is 62.6 Å². The third-order valence-corrected chi connectivity index (χ3v) is 7.48. The smallest absolute Gasteiger partial charge is 0.0755 e. The fourth-order valence-electron chi connectivity index (χ4n) is 2.60. The van der Waals surface area contributed by atoms with Crippen LogP contribution in [0.4, 0.5) is 0 Å². The lowest BCUT2D eigenvalue weighted by Crippen LogP contribution is -2.42. The molecule has 0 rings (SSSR count). The second kappa shape index (κ2) is 20.0. The van der Waals surface area contributed by atoms with E-state index < -0.39 is 7.60 Å². The summed E-state index contributed by atoms with van der Waals surface area (Å²) in [6.07, 6.45) is 7.16. The van der Waals surface area contributed by atoms with Crippen LogP contribution in [0.25, 0.3) is 0 Å². The van der Waals surface area contributed by atoms with Gasteiger partial charge in [-0.15, -0.1) is 0 Å². The molecule has 0 saturated carbocycles. The number of hydrogen-bond donors (Lipinski definition) is 0. The van der Waals surface area contributed by atoms with Crippen molar-refractivity contribution in [1.29, 1.82) is 0 Å². The molecule has 5 nitrogen and oxygen atoms in total. The predicted octanol–water partition coefficient (Wildman–Crippen LogP) is 4.64. The average Bonchev–Trinajstić information content (AvgIpc) is 2.72. The summed E-state index contributed by atoms with van der Waals surface area (Å²) in [5.74, 6) is 0. The molecular formula is C23H55N2O3P. The molecule has 0 aromatic carbocycles. The predicted molar refractivity (Wildman–Crippen MR) is 126 cm³/mol. The highest BCUT2D eigenvalue weighted by molar-refractivity contribution is 7.48. The number of hydrogen-bond acceptors (Lipinski definition) is 3. The van der Waals surface area contributed by atoms with E-state index >= 15 is 0 Å². The van der Waals surface area contributed by atoms with Crippen LogP contribution < -0.4 is 9.79 Å². The van der Waals surface area contributed by atoms with Crippen LogP contribution in [-0.2, 0) is 4.57 Å². The third-order valence-electron chi connectivity index (χ3n) is 6.62. The van der Waals surface area contributed by atoms with Crippen molar-refractivity contribution in [3.8, 4) is 0 Å². The monoisotopic (exact) mass is 438 g/mol. The molecule has 0 aliphatic rings. The van der Waals surface area contributed by atoms with Crippen molar-refractivity contribution < 1.29 is 23.3 Å². The maximum atomic E-state index is 10.2. The molecule has 0 aromatic rings. The Balaban J connectivity index is -0.000000368. The molecule has 0 N–H and O–H groups in total. The fourth-order valence-corrected chi connectivity index (χ4v) is 3.22. The summed E-state index contributed by atoms with van der Waals surface area (Å²) in [7, 11) is 0.356. The van der Waals surface area contributed by atoms with Gasteiger partial charge < -0.3 is 23.3 Å². The molecule has 0 aliphatic carbocycles. The first-order valence-corrected chi connectivity index (χ1v) is 13.8. The zero-order chi connectivity index (χ0) is 23.4. The molecule has 0 unspecified atom stereocenters. The molecule has 180 valence electrons. The Morgan fingerprint density at radius 3 is 1.03 bits per heavy atom. The van der Waals surface area contributed by atoms with E-state index in [-0.39, 0.29) is 6.16 Å². The Kier molecular flexibility index (Phi) is 23.2. The van der Waals surface area contributed by atoms with E-state index in [1.54, 1.807) is 0 Å². The van der Waals surface area contributed by atoms with E-state index in [1.165, 1.54) is 67.5 Å². The standard InChI is InChI=1S/C9H21O3P.2C7H18N/c1-2-3-4-5-6-7-8-9-13(10,11)12;2*1-5-8(4,6-2)7-3/h2-9H2,1H3,(H2,10,11,12);2*5-7H2,1-4H3/q;2*+1/p-2. The second-order valence-electron chi connectivity index (χ2n) is 8.59. The summed E-state index contributed by atoms with van der Waals surface area (Å²) in [5, 5.41) is 0. The minimum absolute atomic E-state index is 0.166. The average molecular weight is 439 g/mol. The van der Waals surface area contributed by atoms with E-state index in [1.807, 2.05) is 0 Å². The van der Waals surface area contributed by atoms with Gasteiger partial charge in [0, 0.05) is 0 Å². The maximum absolute atomic E-state index is 10.2. The SMILES string of the molecule is CCCCCCCCCP(=O)([O-])[O-].CC[N+](C)(CC)CC.CC[N+](C)(CC)CC. The molecule has 29 heavy (non-hydrogen) atoms. The van der Waals surface area contributed by atoms with Gasteiger partial charge in [-0.05, 0) is 54.1 Å². The summed E-state index contributed by atoms with van der Waals surface area (Å²) in [5.41, 5.74) is 0. The second-order valence-corrected chi connectivity index (χ2v) is 10.3. The molecule has 0 spiro atoms. The lowest BCUT2D eigenvalue weighted by atomic mass is 10.1. The Hall–Kier alpha value is 0.0700. The quantitative estimate of drug-likeness (QED) is 0.225. The summed E-state index contributed by atoms with van der Waals surface area (Å²) in [6, 6.07) is 0. The minimum Gasteiger partial charge on any atom is -0.811 e. The normalized spacial score (nSPS) is 12.0. The number of nitrogens with zero attached hydrogens (tertiary/aromatic N) is 2. The van der Waals surface area contributed by atoms with Gasteiger partial charge in [0.1, 0.15) is 0 Å². The summed E-state index contributed by atoms with van der Waals surface area (Å²) < 4.78 is 12.7. The Morgan fingerprint density at radius 1 is 0.552 bits per heavy atom. The summed E-state index contributed by atoms with van der Waals surface area (Å²) >= 11 is 0. The maximum Gasteiger partial charge on any atom is 0.0755 e. The Morgan fingerprint density at radius 2 is 0.828 bits per heavy atom. The highest BCUT2D eigenvalue weighted by Gasteiger charge is 2.11.